The Bertz CT molecular complexity index is 751. The van der Waals surface area contributed by atoms with Gasteiger partial charge in [0.2, 0.25) is 0 Å². The maximum absolute atomic E-state index is 12.3. The van der Waals surface area contributed by atoms with Gasteiger partial charge in [-0.25, -0.2) is 0 Å². The van der Waals surface area contributed by atoms with Crippen LogP contribution in [-0.2, 0) is 21.9 Å². The van der Waals surface area contributed by atoms with Crippen LogP contribution in [0.25, 0.3) is 0 Å². The third-order valence-electron chi connectivity index (χ3n) is 7.04. The first kappa shape index (κ1) is 32.8. The molecular formula is C29H44FeNO2P. The summed E-state index contributed by atoms with van der Waals surface area (Å²) in [5.74, 6) is -0.727. The standard InChI is InChI=1S/C22H28NO2P.C5H10.2CH3.Fe/c1-16(23(2)3)19-14-15-20(21(19)22(24)25)26(17-10-6-4-7-11-17)18-12-8-5-9-13-18;1-2-4-5-3-1;;;/h4-13,16,19-21H,14-15H2,1-3H3,(H,24,25);1-5H2;2*1H3;/q;;2*-1;+2/t16-,19?,20?,21?;;;;/m1..../s1. The molecule has 0 amide bonds. The number of carboxylic acids is 1. The van der Waals surface area contributed by atoms with Crippen molar-refractivity contribution in [1.29, 1.82) is 0 Å². The second-order valence-corrected chi connectivity index (χ2v) is 11.6. The summed E-state index contributed by atoms with van der Waals surface area (Å²) in [6.45, 7) is 2.16. The van der Waals surface area contributed by atoms with Crippen LogP contribution in [0.4, 0.5) is 0 Å². The van der Waals surface area contributed by atoms with Gasteiger partial charge in [-0.2, -0.15) is 0 Å². The Morgan fingerprint density at radius 3 is 1.62 bits per heavy atom. The molecule has 4 atom stereocenters. The van der Waals surface area contributed by atoms with Crippen molar-refractivity contribution in [3.05, 3.63) is 75.5 Å². The van der Waals surface area contributed by atoms with E-state index in [4.69, 9.17) is 0 Å². The van der Waals surface area contributed by atoms with Crippen LogP contribution in [0.15, 0.2) is 60.7 Å². The van der Waals surface area contributed by atoms with Crippen LogP contribution in [0, 0.1) is 26.7 Å². The summed E-state index contributed by atoms with van der Waals surface area (Å²) in [6, 6.07) is 21.3. The van der Waals surface area contributed by atoms with Crippen LogP contribution < -0.4 is 10.6 Å². The summed E-state index contributed by atoms with van der Waals surface area (Å²) in [5, 5.41) is 12.7. The molecule has 1 N–H and O–H groups in total. The normalized spacial score (nSPS) is 22.0. The van der Waals surface area contributed by atoms with E-state index < -0.39 is 13.9 Å². The average Bonchev–Trinajstić information content (AvgIpc) is 3.49. The maximum Gasteiger partial charge on any atom is 2.00 e. The molecule has 2 saturated carbocycles. The first-order valence-corrected chi connectivity index (χ1v) is 13.2. The van der Waals surface area contributed by atoms with Crippen molar-refractivity contribution in [2.45, 2.75) is 63.6 Å². The van der Waals surface area contributed by atoms with Gasteiger partial charge in [0.1, 0.15) is 0 Å². The van der Waals surface area contributed by atoms with Crippen molar-refractivity contribution >= 4 is 24.5 Å². The van der Waals surface area contributed by atoms with Crippen molar-refractivity contribution in [3.63, 3.8) is 0 Å². The fourth-order valence-corrected chi connectivity index (χ4v) is 8.29. The van der Waals surface area contributed by atoms with Crippen LogP contribution in [0.2, 0.25) is 0 Å². The number of rotatable bonds is 6. The van der Waals surface area contributed by atoms with Crippen molar-refractivity contribution in [1.82, 2.24) is 4.90 Å². The monoisotopic (exact) mass is 525 g/mol. The van der Waals surface area contributed by atoms with E-state index in [1.807, 2.05) is 26.2 Å². The van der Waals surface area contributed by atoms with E-state index in [-0.39, 0.29) is 55.5 Å². The number of benzene rings is 2. The Morgan fingerprint density at radius 1 is 0.853 bits per heavy atom. The van der Waals surface area contributed by atoms with Crippen LogP contribution in [-0.4, -0.2) is 41.8 Å². The second kappa shape index (κ2) is 16.5. The molecule has 0 aliphatic heterocycles. The number of hydrogen-bond acceptors (Lipinski definition) is 2. The Hall–Kier alpha value is -1.18. The second-order valence-electron chi connectivity index (χ2n) is 9.19. The van der Waals surface area contributed by atoms with Gasteiger partial charge in [0.05, 0.1) is 5.92 Å². The summed E-state index contributed by atoms with van der Waals surface area (Å²) in [7, 11) is 3.41. The number of aliphatic carboxylic acids is 1. The number of carboxylic acid groups (broad SMARTS) is 1. The summed E-state index contributed by atoms with van der Waals surface area (Å²) in [4.78, 5) is 14.5. The van der Waals surface area contributed by atoms with Crippen LogP contribution >= 0.6 is 7.92 Å². The molecule has 34 heavy (non-hydrogen) atoms. The molecule has 0 aromatic heterocycles. The molecule has 190 valence electrons. The van der Waals surface area contributed by atoms with Gasteiger partial charge in [0, 0.05) is 11.7 Å². The minimum Gasteiger partial charge on any atom is -0.481 e. The molecule has 5 heteroatoms. The van der Waals surface area contributed by atoms with E-state index in [1.165, 1.54) is 42.7 Å². The predicted molar refractivity (Wildman–Crippen MR) is 146 cm³/mol. The van der Waals surface area contributed by atoms with Gasteiger partial charge in [-0.3, -0.25) is 4.79 Å². The largest absolute Gasteiger partial charge is 2.00 e. The van der Waals surface area contributed by atoms with E-state index >= 15 is 0 Å². The molecule has 0 saturated heterocycles. The van der Waals surface area contributed by atoms with E-state index in [2.05, 4.69) is 60.4 Å². The number of carbonyl (C=O) groups is 1. The van der Waals surface area contributed by atoms with Gasteiger partial charge in [-0.1, -0.05) is 92.8 Å². The van der Waals surface area contributed by atoms with E-state index in [1.54, 1.807) is 0 Å². The molecule has 0 spiro atoms. The first-order chi connectivity index (χ1) is 15.0. The number of nitrogens with zero attached hydrogens (tertiary/aromatic N) is 1. The average molecular weight is 525 g/mol. The Morgan fingerprint density at radius 2 is 1.26 bits per heavy atom. The predicted octanol–water partition coefficient (Wildman–Crippen LogP) is 6.40. The fraction of sp³-hybridized carbons (Fsp3) is 0.483. The molecule has 2 aliphatic carbocycles. The molecule has 2 fully saturated rings. The van der Waals surface area contributed by atoms with Gasteiger partial charge in [0.25, 0.3) is 0 Å². The summed E-state index contributed by atoms with van der Waals surface area (Å²) < 4.78 is 0. The molecule has 2 aliphatic rings. The fourth-order valence-electron chi connectivity index (χ4n) is 5.16. The van der Waals surface area contributed by atoms with Crippen molar-refractivity contribution in [3.8, 4) is 0 Å². The van der Waals surface area contributed by atoms with Crippen molar-refractivity contribution in [2.24, 2.45) is 11.8 Å². The molecule has 4 rings (SSSR count). The van der Waals surface area contributed by atoms with E-state index in [0.29, 0.717) is 0 Å². The topological polar surface area (TPSA) is 40.5 Å². The van der Waals surface area contributed by atoms with Crippen LogP contribution in [0.3, 0.4) is 0 Å². The molecule has 0 bridgehead atoms. The summed E-state index contributed by atoms with van der Waals surface area (Å²) in [6.07, 6.45) is 9.47. The minimum absolute atomic E-state index is 0. The zero-order valence-electron chi connectivity index (χ0n) is 21.6. The third kappa shape index (κ3) is 8.49. The first-order valence-electron chi connectivity index (χ1n) is 11.8. The van der Waals surface area contributed by atoms with Crippen molar-refractivity contribution < 1.29 is 27.0 Å². The Balaban J connectivity index is 0.00000121. The van der Waals surface area contributed by atoms with Gasteiger partial charge >= 0.3 is 23.0 Å². The molecule has 3 nitrogen and oxygen atoms in total. The zero-order valence-corrected chi connectivity index (χ0v) is 23.6. The van der Waals surface area contributed by atoms with Gasteiger partial charge in [-0.15, -0.1) is 0 Å². The van der Waals surface area contributed by atoms with Gasteiger partial charge < -0.3 is 24.9 Å². The Kier molecular flexibility index (Phi) is 15.9. The SMILES string of the molecule is C1CCCC1.C[C@H](C1CCC(P(c2ccccc2)c2ccccc2)C1C(=O)O)N(C)C.[CH3-].[CH3-].[Fe+2]. The molecular weight excluding hydrogens is 481 g/mol. The molecule has 2 aromatic carbocycles. The van der Waals surface area contributed by atoms with Crippen LogP contribution in [0.1, 0.15) is 51.9 Å². The summed E-state index contributed by atoms with van der Waals surface area (Å²) >= 11 is 0. The molecule has 0 heterocycles. The summed E-state index contributed by atoms with van der Waals surface area (Å²) in [5.41, 5.74) is 0.180. The van der Waals surface area contributed by atoms with Gasteiger partial charge in [0.15, 0.2) is 0 Å². The molecule has 2 aromatic rings. The minimum atomic E-state index is -0.694. The zero-order chi connectivity index (χ0) is 22.2. The van der Waals surface area contributed by atoms with Crippen LogP contribution in [0.5, 0.6) is 0 Å². The smallest absolute Gasteiger partial charge is 0.481 e. The number of hydrogen-bond donors (Lipinski definition) is 1. The quantitative estimate of drug-likeness (QED) is 0.270. The molecule has 0 radical (unpaired) electrons. The Labute approximate surface area is 221 Å². The maximum atomic E-state index is 12.3. The van der Waals surface area contributed by atoms with E-state index in [9.17, 15) is 9.90 Å². The van der Waals surface area contributed by atoms with E-state index in [0.717, 1.165) is 12.8 Å². The third-order valence-corrected chi connectivity index (χ3v) is 9.99. The van der Waals surface area contributed by atoms with Gasteiger partial charge in [-0.05, 0) is 58.3 Å². The molecule has 3 unspecified atom stereocenters. The van der Waals surface area contributed by atoms with Crippen molar-refractivity contribution in [2.75, 3.05) is 14.1 Å².